The molecule has 2 atom stereocenters. The lowest BCUT2D eigenvalue weighted by Crippen LogP contribution is -2.80. The third-order valence-electron chi connectivity index (χ3n) is 4.60. The van der Waals surface area contributed by atoms with Crippen LogP contribution in [0.2, 0.25) is 0 Å². The fraction of sp³-hybridized carbons (Fsp3) is 0.647. The average Bonchev–Trinajstić information content (AvgIpc) is 2.42. The summed E-state index contributed by atoms with van der Waals surface area (Å²) in [6, 6.07) is 8.76. The zero-order valence-electron chi connectivity index (χ0n) is 12.6. The van der Waals surface area contributed by atoms with Crippen LogP contribution >= 0.6 is 0 Å². The molecule has 0 spiro atoms. The summed E-state index contributed by atoms with van der Waals surface area (Å²) in [6.45, 7) is 6.46. The minimum absolute atomic E-state index is 0.0490. The molecule has 1 saturated carbocycles. The number of nitrogens with two attached hydrogens (primary N) is 1. The van der Waals surface area contributed by atoms with E-state index < -0.39 is 0 Å². The van der Waals surface area contributed by atoms with E-state index in [0.29, 0.717) is 5.92 Å². The lowest BCUT2D eigenvalue weighted by Gasteiger charge is -2.43. The molecule has 0 heterocycles. The van der Waals surface area contributed by atoms with Crippen molar-refractivity contribution >= 4 is 0 Å². The highest BCUT2D eigenvalue weighted by Gasteiger charge is 2.41. The van der Waals surface area contributed by atoms with Crippen molar-refractivity contribution in [2.75, 3.05) is 20.2 Å². The van der Waals surface area contributed by atoms with Gasteiger partial charge in [-0.1, -0.05) is 44.0 Å². The highest BCUT2D eigenvalue weighted by molar-refractivity contribution is 5.32. The number of hydrogen-bond acceptors (Lipinski definition) is 1. The van der Waals surface area contributed by atoms with Crippen LogP contribution < -0.4 is 5.32 Å². The Kier molecular flexibility index (Phi) is 5.00. The summed E-state index contributed by atoms with van der Waals surface area (Å²) in [4.78, 5) is 0. The minimum Gasteiger partial charge on any atom is -0.364 e. The molecule has 1 aromatic carbocycles. The van der Waals surface area contributed by atoms with Gasteiger partial charge in [0.2, 0.25) is 0 Å². The van der Waals surface area contributed by atoms with Gasteiger partial charge in [-0.25, -0.2) is 0 Å². The van der Waals surface area contributed by atoms with Crippen LogP contribution in [-0.2, 0) is 10.3 Å². The zero-order chi connectivity index (χ0) is 13.7. The number of quaternary nitrogens is 1. The van der Waals surface area contributed by atoms with E-state index in [1.165, 1.54) is 36.8 Å². The van der Waals surface area contributed by atoms with Crippen LogP contribution in [0.3, 0.4) is 0 Å². The van der Waals surface area contributed by atoms with Crippen molar-refractivity contribution in [2.45, 2.75) is 45.1 Å². The molecule has 1 fully saturated rings. The molecule has 0 radical (unpaired) electrons. The monoisotopic (exact) mass is 262 g/mol. The first-order chi connectivity index (χ1) is 9.20. The van der Waals surface area contributed by atoms with Gasteiger partial charge in [-0.05, 0) is 36.8 Å². The van der Waals surface area contributed by atoms with Gasteiger partial charge in [0.05, 0.1) is 25.8 Å². The van der Waals surface area contributed by atoms with Gasteiger partial charge in [0.1, 0.15) is 0 Å². The van der Waals surface area contributed by atoms with E-state index in [-0.39, 0.29) is 5.60 Å². The summed E-state index contributed by atoms with van der Waals surface area (Å²) in [5.74, 6) is 0.610. The lowest BCUT2D eigenvalue weighted by molar-refractivity contribution is -0.629. The smallest absolute Gasteiger partial charge is 0.0991 e. The molecule has 1 aliphatic rings. The average molecular weight is 262 g/mol. The third kappa shape index (κ3) is 3.01. The van der Waals surface area contributed by atoms with Crippen molar-refractivity contribution < 1.29 is 10.1 Å². The summed E-state index contributed by atoms with van der Waals surface area (Å²) >= 11 is 0. The lowest BCUT2D eigenvalue weighted by atomic mass is 9.71. The maximum absolute atomic E-state index is 6.46. The fourth-order valence-electron chi connectivity index (χ4n) is 3.42. The summed E-state index contributed by atoms with van der Waals surface area (Å²) < 4.78 is 6.46. The van der Waals surface area contributed by atoms with Crippen LogP contribution in [0.4, 0.5) is 0 Å². The molecule has 0 aromatic heterocycles. The van der Waals surface area contributed by atoms with Gasteiger partial charge in [-0.3, -0.25) is 0 Å². The topological polar surface area (TPSA) is 25.8 Å². The van der Waals surface area contributed by atoms with E-state index in [0.717, 1.165) is 13.2 Å². The van der Waals surface area contributed by atoms with Crippen LogP contribution in [0.25, 0.3) is 0 Å². The van der Waals surface area contributed by atoms with E-state index in [9.17, 15) is 0 Å². The van der Waals surface area contributed by atoms with Crippen LogP contribution in [0, 0.1) is 12.8 Å². The summed E-state index contributed by atoms with van der Waals surface area (Å²) in [5, 5.41) is 2.19. The van der Waals surface area contributed by atoms with Crippen molar-refractivity contribution in [1.82, 2.24) is 0 Å². The van der Waals surface area contributed by atoms with Gasteiger partial charge in [-0.2, -0.15) is 0 Å². The van der Waals surface area contributed by atoms with Crippen molar-refractivity contribution in [3.63, 3.8) is 0 Å². The second-order valence-corrected chi connectivity index (χ2v) is 5.90. The van der Waals surface area contributed by atoms with E-state index in [2.05, 4.69) is 50.5 Å². The minimum atomic E-state index is -0.0490. The van der Waals surface area contributed by atoms with Gasteiger partial charge in [0, 0.05) is 0 Å². The molecule has 0 bridgehead atoms. The molecule has 106 valence electrons. The van der Waals surface area contributed by atoms with Gasteiger partial charge in [-0.15, -0.1) is 0 Å². The van der Waals surface area contributed by atoms with Crippen molar-refractivity contribution in [3.8, 4) is 0 Å². The maximum atomic E-state index is 6.46. The van der Waals surface area contributed by atoms with Gasteiger partial charge >= 0.3 is 0 Å². The molecule has 1 aliphatic carbocycles. The predicted molar refractivity (Wildman–Crippen MR) is 79.2 cm³/mol. The van der Waals surface area contributed by atoms with Crippen LogP contribution in [0.5, 0.6) is 0 Å². The molecule has 19 heavy (non-hydrogen) atoms. The molecule has 2 N–H and O–H groups in total. The second-order valence-electron chi connectivity index (χ2n) is 5.90. The number of rotatable bonds is 5. The number of aryl methyl sites for hydroxylation is 1. The highest BCUT2D eigenvalue weighted by atomic mass is 16.5. The fourth-order valence-corrected chi connectivity index (χ4v) is 3.42. The van der Waals surface area contributed by atoms with Gasteiger partial charge in [0.15, 0.2) is 0 Å². The Hall–Kier alpha value is -0.860. The Morgan fingerprint density at radius 2 is 2.11 bits per heavy atom. The van der Waals surface area contributed by atoms with Crippen molar-refractivity contribution in [3.05, 3.63) is 35.4 Å². The quantitative estimate of drug-likeness (QED) is 0.811. The molecule has 2 nitrogen and oxygen atoms in total. The molecule has 0 unspecified atom stereocenters. The maximum Gasteiger partial charge on any atom is 0.0991 e. The largest absolute Gasteiger partial charge is 0.364 e. The number of ether oxygens (including phenoxy) is 1. The van der Waals surface area contributed by atoms with Crippen LogP contribution in [0.1, 0.15) is 43.7 Å². The Bertz CT molecular complexity index is 404. The zero-order valence-corrected chi connectivity index (χ0v) is 12.6. The van der Waals surface area contributed by atoms with Crippen molar-refractivity contribution in [2.24, 2.45) is 5.92 Å². The summed E-state index contributed by atoms with van der Waals surface area (Å²) in [7, 11) is 2.11. The second kappa shape index (κ2) is 6.53. The Balaban J connectivity index is 2.30. The molecule has 0 saturated heterocycles. The van der Waals surface area contributed by atoms with E-state index >= 15 is 0 Å². The molecule has 2 rings (SSSR count). The standard InChI is InChI=1S/C17H27NO/c1-14-8-4-5-10-16(14)17(19-13-12-18-3)11-7-6-9-15(17)2/h4-5,8,10,15,18H,6-7,9,11-13H2,1-3H3/p+1/t15-,17+/m0/s1. The Morgan fingerprint density at radius 1 is 1.32 bits per heavy atom. The Labute approximate surface area is 117 Å². The number of hydrogen-bond donors (Lipinski definition) is 1. The first kappa shape index (κ1) is 14.5. The molecular weight excluding hydrogens is 234 g/mol. The van der Waals surface area contributed by atoms with E-state index in [1.54, 1.807) is 0 Å². The number of likely N-dealkylation sites (N-methyl/N-ethyl adjacent to an activating group) is 1. The Morgan fingerprint density at radius 3 is 2.79 bits per heavy atom. The van der Waals surface area contributed by atoms with Crippen LogP contribution in [-0.4, -0.2) is 20.2 Å². The SMILES string of the molecule is C[NH2+]CCO[C@]1(c2ccccc2C)CCCC[C@@H]1C. The first-order valence-corrected chi connectivity index (χ1v) is 7.68. The van der Waals surface area contributed by atoms with E-state index in [4.69, 9.17) is 4.74 Å². The van der Waals surface area contributed by atoms with Crippen LogP contribution in [0.15, 0.2) is 24.3 Å². The van der Waals surface area contributed by atoms with E-state index in [1.807, 2.05) is 0 Å². The summed E-state index contributed by atoms with van der Waals surface area (Å²) in [5.41, 5.74) is 2.74. The highest BCUT2D eigenvalue weighted by Crippen LogP contribution is 2.45. The molecule has 1 aromatic rings. The molecule has 0 amide bonds. The first-order valence-electron chi connectivity index (χ1n) is 7.68. The molecular formula is C17H28NO+. The summed E-state index contributed by atoms with van der Waals surface area (Å²) in [6.07, 6.45) is 5.08. The molecule has 0 aliphatic heterocycles. The number of benzene rings is 1. The molecule has 2 heteroatoms. The third-order valence-corrected chi connectivity index (χ3v) is 4.60. The normalized spacial score (nSPS) is 27.4. The van der Waals surface area contributed by atoms with Gasteiger partial charge < -0.3 is 10.1 Å². The van der Waals surface area contributed by atoms with Crippen molar-refractivity contribution in [1.29, 1.82) is 0 Å². The van der Waals surface area contributed by atoms with Gasteiger partial charge in [0.25, 0.3) is 0 Å². The predicted octanol–water partition coefficient (Wildman–Crippen LogP) is 2.61.